The number of carbonyl (C=O) groups excluding carboxylic acids is 2. The summed E-state index contributed by atoms with van der Waals surface area (Å²) in [4.78, 5) is 64.4. The molecule has 0 bridgehead atoms. The number of carboxylic acids is 2. The normalized spacial score (nSPS) is 18.6. The number of carbonyl (C=O) groups is 4. The van der Waals surface area contributed by atoms with Gasteiger partial charge in [-0.1, -0.05) is 11.2 Å². The number of nitrogens with two attached hydrogens (primary N) is 3. The van der Waals surface area contributed by atoms with Crippen molar-refractivity contribution in [3.63, 3.8) is 0 Å². The third-order valence-corrected chi connectivity index (χ3v) is 8.33. The van der Waals surface area contributed by atoms with E-state index in [2.05, 4.69) is 25.8 Å². The Kier molecular flexibility index (Phi) is 9.70. The first-order chi connectivity index (χ1) is 20.8. The summed E-state index contributed by atoms with van der Waals surface area (Å²) in [6.07, 6.45) is 6.64. The van der Waals surface area contributed by atoms with Crippen molar-refractivity contribution in [3.05, 3.63) is 47.0 Å². The van der Waals surface area contributed by atoms with Crippen LogP contribution in [0.1, 0.15) is 19.5 Å². The maximum atomic E-state index is 13.2. The van der Waals surface area contributed by atoms with E-state index < -0.39 is 46.5 Å². The lowest BCUT2D eigenvalue weighted by Gasteiger charge is -2.49. The number of rotatable bonds is 13. The molecule has 17 nitrogen and oxygen atoms in total. The van der Waals surface area contributed by atoms with Gasteiger partial charge in [0.05, 0.1) is 0 Å². The molecule has 2 atom stereocenters. The van der Waals surface area contributed by atoms with Crippen LogP contribution in [-0.4, -0.2) is 90.4 Å². The fraction of sp³-hybridized carbons (Fsp3) is 0.360. The minimum absolute atomic E-state index is 0.0149. The number of hydrogen-bond acceptors (Lipinski definition) is 14. The van der Waals surface area contributed by atoms with Crippen LogP contribution in [0.2, 0.25) is 0 Å². The molecule has 2 aliphatic rings. The number of aliphatic carboxylic acids is 2. The number of oxime groups is 1. The summed E-state index contributed by atoms with van der Waals surface area (Å²) in [5.41, 5.74) is 15.8. The van der Waals surface area contributed by atoms with Crippen LogP contribution < -0.4 is 32.4 Å². The first-order valence-electron chi connectivity index (χ1n) is 13.0. The van der Waals surface area contributed by atoms with Gasteiger partial charge < -0.3 is 42.9 Å². The number of thiazole rings is 1. The molecule has 234 valence electrons. The summed E-state index contributed by atoms with van der Waals surface area (Å²) in [6, 6.07) is -1.09. The van der Waals surface area contributed by atoms with E-state index >= 15 is 0 Å². The Hall–Kier alpha value is -4.75. The molecule has 4 rings (SSSR count). The number of anilines is 3. The van der Waals surface area contributed by atoms with Crippen LogP contribution in [0.25, 0.3) is 0 Å². The van der Waals surface area contributed by atoms with E-state index in [4.69, 9.17) is 22.0 Å². The van der Waals surface area contributed by atoms with Gasteiger partial charge in [-0.3, -0.25) is 14.5 Å². The van der Waals surface area contributed by atoms with Gasteiger partial charge in [0.25, 0.3) is 24.0 Å². The monoisotopic (exact) mass is 647 g/mol. The number of allylic oxidation sites excluding steroid dienone is 2. The molecule has 1 unspecified atom stereocenters. The molecule has 1 fully saturated rings. The van der Waals surface area contributed by atoms with E-state index in [9.17, 15) is 29.4 Å². The number of nitrogens with one attached hydrogen (secondary N) is 2. The SMILES string of the molecule is CC(C)(O/N=C(\C(=O)N[C@@H]1C(=O)N2C(C(=O)O)=C(/C=C/C[n+]3cnc(N)c(NCCN)c3)CSC12)c1csc(N)n1)C(=O)O. The Labute approximate surface area is 258 Å². The number of nitrogens with zero attached hydrogens (tertiary/aromatic N) is 5. The zero-order valence-electron chi connectivity index (χ0n) is 23.6. The summed E-state index contributed by atoms with van der Waals surface area (Å²) in [5, 5.41) is 29.5. The van der Waals surface area contributed by atoms with Gasteiger partial charge in [0.1, 0.15) is 41.2 Å². The quantitative estimate of drug-likeness (QED) is 0.0591. The lowest BCUT2D eigenvalue weighted by molar-refractivity contribution is -0.689. The summed E-state index contributed by atoms with van der Waals surface area (Å²) in [5.74, 6) is -3.59. The maximum absolute atomic E-state index is 13.2. The van der Waals surface area contributed by atoms with Crippen LogP contribution in [0.5, 0.6) is 0 Å². The van der Waals surface area contributed by atoms with E-state index in [0.717, 1.165) is 16.2 Å². The summed E-state index contributed by atoms with van der Waals surface area (Å²) in [7, 11) is 0. The topological polar surface area (TPSA) is 265 Å². The van der Waals surface area contributed by atoms with Gasteiger partial charge in [-0.2, -0.15) is 0 Å². The first-order valence-corrected chi connectivity index (χ1v) is 14.9. The fourth-order valence-electron chi connectivity index (χ4n) is 4.01. The Morgan fingerprint density at radius 2 is 2.07 bits per heavy atom. The molecule has 0 aromatic carbocycles. The van der Waals surface area contributed by atoms with Crippen LogP contribution >= 0.6 is 23.1 Å². The average molecular weight is 648 g/mol. The number of thioether (sulfide) groups is 1. The van der Waals surface area contributed by atoms with E-state index in [1.807, 2.05) is 0 Å². The number of hydrogen-bond donors (Lipinski definition) is 7. The molecule has 10 N–H and O–H groups in total. The Bertz CT molecular complexity index is 1570. The molecule has 2 aliphatic heterocycles. The highest BCUT2D eigenvalue weighted by molar-refractivity contribution is 8.00. The first kappa shape index (κ1) is 32.2. The molecule has 44 heavy (non-hydrogen) atoms. The number of aromatic nitrogens is 3. The van der Waals surface area contributed by atoms with Gasteiger partial charge in [-0.25, -0.2) is 19.1 Å². The predicted octanol–water partition coefficient (Wildman–Crippen LogP) is -1.06. The molecule has 2 amide bonds. The smallest absolute Gasteiger partial charge is 0.352 e. The number of fused-ring (bicyclic) bond motifs is 1. The summed E-state index contributed by atoms with van der Waals surface area (Å²) >= 11 is 2.29. The average Bonchev–Trinajstić information content (AvgIpc) is 3.40. The second-order valence-corrected chi connectivity index (χ2v) is 11.9. The third-order valence-electron chi connectivity index (χ3n) is 6.36. The lowest BCUT2D eigenvalue weighted by Crippen LogP contribution is -2.71. The summed E-state index contributed by atoms with van der Waals surface area (Å²) < 4.78 is 1.74. The molecular weight excluding hydrogens is 616 g/mol. The fourth-order valence-corrected chi connectivity index (χ4v) is 5.88. The maximum Gasteiger partial charge on any atom is 0.352 e. The number of nitrogen functional groups attached to an aromatic ring is 2. The van der Waals surface area contributed by atoms with Crippen molar-refractivity contribution in [2.75, 3.05) is 35.6 Å². The van der Waals surface area contributed by atoms with Gasteiger partial charge in [0.15, 0.2) is 10.8 Å². The zero-order valence-corrected chi connectivity index (χ0v) is 25.2. The van der Waals surface area contributed by atoms with Gasteiger partial charge >= 0.3 is 11.9 Å². The highest BCUT2D eigenvalue weighted by Gasteiger charge is 2.54. The highest BCUT2D eigenvalue weighted by atomic mass is 32.2. The van der Waals surface area contributed by atoms with Crippen molar-refractivity contribution in [3.8, 4) is 0 Å². The molecule has 0 aliphatic carbocycles. The van der Waals surface area contributed by atoms with Crippen molar-refractivity contribution >= 4 is 69.2 Å². The van der Waals surface area contributed by atoms with Crippen molar-refractivity contribution in [1.82, 2.24) is 20.2 Å². The molecule has 2 aromatic rings. The standard InChI is InChI=1S/C25H30N10O7S2/c1-25(2,23(40)41)42-33-15(14-10-44-24(28)31-14)19(36)32-16-20(37)35-17(22(38)39)12(9-43-21(16)35)4-3-7-34-8-13(29-6-5-26)18(27)30-11-34/h3-4,8,10-11,16,21,27,29H,5-7,9,26H2,1-2H3,(H5,28,31,32,36,38,39,40,41)/p+1/b4-3+,33-15-/t16-,21?/m1/s1. The van der Waals surface area contributed by atoms with Gasteiger partial charge in [0, 0.05) is 24.2 Å². The molecular formula is C25H31N10O7S2+. The van der Waals surface area contributed by atoms with Crippen LogP contribution in [0.3, 0.4) is 0 Å². The van der Waals surface area contributed by atoms with Crippen LogP contribution in [0.15, 0.2) is 46.5 Å². The van der Waals surface area contributed by atoms with Crippen LogP contribution in [0.4, 0.5) is 16.6 Å². The van der Waals surface area contributed by atoms with Gasteiger partial charge in [0.2, 0.25) is 5.60 Å². The molecule has 0 radical (unpaired) electrons. The van der Waals surface area contributed by atoms with E-state index in [-0.39, 0.29) is 22.3 Å². The third kappa shape index (κ3) is 6.90. The van der Waals surface area contributed by atoms with Crippen molar-refractivity contribution in [2.45, 2.75) is 37.4 Å². The van der Waals surface area contributed by atoms with E-state index in [1.165, 1.54) is 37.3 Å². The molecule has 1 saturated heterocycles. The van der Waals surface area contributed by atoms with E-state index in [0.29, 0.717) is 36.7 Å². The highest BCUT2D eigenvalue weighted by Crippen LogP contribution is 2.40. The van der Waals surface area contributed by atoms with Crippen LogP contribution in [-0.2, 0) is 30.6 Å². The van der Waals surface area contributed by atoms with Crippen molar-refractivity contribution in [2.24, 2.45) is 10.9 Å². The lowest BCUT2D eigenvalue weighted by atomic mass is 10.0. The predicted molar refractivity (Wildman–Crippen MR) is 161 cm³/mol. The van der Waals surface area contributed by atoms with Crippen LogP contribution in [0, 0.1) is 0 Å². The minimum atomic E-state index is -1.77. The number of amides is 2. The zero-order chi connectivity index (χ0) is 32.2. The molecule has 0 saturated carbocycles. The second-order valence-electron chi connectivity index (χ2n) is 9.94. The van der Waals surface area contributed by atoms with Gasteiger partial charge in [-0.15, -0.1) is 23.1 Å². The van der Waals surface area contributed by atoms with E-state index in [1.54, 1.807) is 22.9 Å². The summed E-state index contributed by atoms with van der Waals surface area (Å²) in [6.45, 7) is 3.74. The van der Waals surface area contributed by atoms with Crippen molar-refractivity contribution < 1.29 is 38.8 Å². The molecule has 4 heterocycles. The van der Waals surface area contributed by atoms with Crippen molar-refractivity contribution in [1.29, 1.82) is 0 Å². The second kappa shape index (κ2) is 13.3. The largest absolute Gasteiger partial charge is 0.478 e. The Morgan fingerprint density at radius 1 is 1.32 bits per heavy atom. The van der Waals surface area contributed by atoms with Gasteiger partial charge in [-0.05, 0) is 30.5 Å². The molecule has 2 aromatic heterocycles. The molecule has 0 spiro atoms. The molecule has 19 heteroatoms. The number of β-lactam (4-membered cyclic amide) rings is 1. The number of carboxylic acid groups (broad SMARTS) is 2. The minimum Gasteiger partial charge on any atom is -0.478 e. The Morgan fingerprint density at radius 3 is 2.70 bits per heavy atom. The Balaban J connectivity index is 1.49.